The Kier molecular flexibility index (Phi) is 2.63. The van der Waals surface area contributed by atoms with E-state index in [9.17, 15) is 13.6 Å². The number of rotatable bonds is 1. The summed E-state index contributed by atoms with van der Waals surface area (Å²) in [7, 11) is 0. The third-order valence-corrected chi connectivity index (χ3v) is 2.82. The minimum Gasteiger partial charge on any atom is -0.422 e. The van der Waals surface area contributed by atoms with E-state index in [2.05, 4.69) is 0 Å². The van der Waals surface area contributed by atoms with Crippen LogP contribution >= 0.6 is 0 Å². The van der Waals surface area contributed by atoms with Gasteiger partial charge in [0.2, 0.25) is 0 Å². The van der Waals surface area contributed by atoms with Gasteiger partial charge in [0, 0.05) is 11.6 Å². The van der Waals surface area contributed by atoms with E-state index < -0.39 is 17.3 Å². The molecular formula is C15H8F2O2. The van der Waals surface area contributed by atoms with Crippen LogP contribution in [-0.2, 0) is 0 Å². The molecule has 94 valence electrons. The lowest BCUT2D eigenvalue weighted by atomic mass is 10.1. The number of hydrogen-bond donors (Lipinski definition) is 0. The monoisotopic (exact) mass is 258 g/mol. The molecule has 1 heterocycles. The summed E-state index contributed by atoms with van der Waals surface area (Å²) in [5.74, 6) is -1.29. The third kappa shape index (κ3) is 2.12. The molecule has 4 heteroatoms. The van der Waals surface area contributed by atoms with Crippen LogP contribution < -0.4 is 5.63 Å². The summed E-state index contributed by atoms with van der Waals surface area (Å²) in [5.41, 5.74) is -0.335. The van der Waals surface area contributed by atoms with Crippen LogP contribution in [0.25, 0.3) is 22.1 Å². The molecule has 3 aromatic rings. The van der Waals surface area contributed by atoms with Gasteiger partial charge >= 0.3 is 5.63 Å². The average molecular weight is 258 g/mol. The van der Waals surface area contributed by atoms with Crippen molar-refractivity contribution in [3.8, 4) is 11.3 Å². The molecule has 0 unspecified atom stereocenters. The van der Waals surface area contributed by atoms with Crippen molar-refractivity contribution in [2.75, 3.05) is 0 Å². The zero-order valence-corrected chi connectivity index (χ0v) is 9.69. The van der Waals surface area contributed by atoms with Crippen molar-refractivity contribution in [2.24, 2.45) is 0 Å². The molecule has 0 aliphatic rings. The minimum atomic E-state index is -0.717. The normalized spacial score (nSPS) is 10.8. The van der Waals surface area contributed by atoms with Crippen LogP contribution in [0, 0.1) is 11.6 Å². The molecule has 0 saturated carbocycles. The van der Waals surface area contributed by atoms with Gasteiger partial charge in [-0.3, -0.25) is 0 Å². The number of halogens is 2. The Balaban J connectivity index is 2.28. The quantitative estimate of drug-likeness (QED) is 0.665. The molecule has 2 aromatic carbocycles. The summed E-state index contributed by atoms with van der Waals surface area (Å²) in [4.78, 5) is 11.8. The third-order valence-electron chi connectivity index (χ3n) is 2.82. The first-order chi connectivity index (χ1) is 9.13. The maximum absolute atomic E-state index is 13.2. The van der Waals surface area contributed by atoms with E-state index in [-0.39, 0.29) is 11.3 Å². The molecular weight excluding hydrogens is 250 g/mol. The zero-order valence-electron chi connectivity index (χ0n) is 9.69. The van der Waals surface area contributed by atoms with E-state index >= 15 is 0 Å². The molecule has 0 atom stereocenters. The van der Waals surface area contributed by atoms with E-state index in [0.29, 0.717) is 10.8 Å². The Morgan fingerprint density at radius 1 is 0.895 bits per heavy atom. The van der Waals surface area contributed by atoms with Gasteiger partial charge in [-0.2, -0.15) is 0 Å². The summed E-state index contributed by atoms with van der Waals surface area (Å²) < 4.78 is 31.4. The van der Waals surface area contributed by atoms with Gasteiger partial charge in [-0.25, -0.2) is 13.6 Å². The summed E-state index contributed by atoms with van der Waals surface area (Å²) in [5, 5.41) is 1.10. The minimum absolute atomic E-state index is 0.141. The highest BCUT2D eigenvalue weighted by atomic mass is 19.1. The Hall–Kier alpha value is -2.49. The number of fused-ring (bicyclic) bond motifs is 1. The molecule has 0 spiro atoms. The summed E-state index contributed by atoms with van der Waals surface area (Å²) in [6.45, 7) is 0. The Morgan fingerprint density at radius 3 is 2.32 bits per heavy atom. The van der Waals surface area contributed by atoms with Crippen LogP contribution in [0.15, 0.2) is 57.7 Å². The van der Waals surface area contributed by atoms with Gasteiger partial charge in [0.15, 0.2) is 0 Å². The number of hydrogen-bond acceptors (Lipinski definition) is 2. The maximum Gasteiger partial charge on any atom is 0.344 e. The molecule has 2 nitrogen and oxygen atoms in total. The molecule has 1 aromatic heterocycles. The summed E-state index contributed by atoms with van der Waals surface area (Å²) in [6.07, 6.45) is 0. The van der Waals surface area contributed by atoms with E-state index in [1.165, 1.54) is 0 Å². The Morgan fingerprint density at radius 2 is 1.58 bits per heavy atom. The molecule has 0 aliphatic heterocycles. The largest absolute Gasteiger partial charge is 0.422 e. The van der Waals surface area contributed by atoms with E-state index in [1.54, 1.807) is 30.3 Å². The molecule has 0 saturated heterocycles. The lowest BCUT2D eigenvalue weighted by molar-refractivity contribution is 0.531. The summed E-state index contributed by atoms with van der Waals surface area (Å²) in [6, 6.07) is 11.5. The lowest BCUT2D eigenvalue weighted by Gasteiger charge is -2.03. The summed E-state index contributed by atoms with van der Waals surface area (Å²) >= 11 is 0. The smallest absolute Gasteiger partial charge is 0.344 e. The highest BCUT2D eigenvalue weighted by Gasteiger charge is 2.08. The predicted molar refractivity (Wildman–Crippen MR) is 67.8 cm³/mol. The van der Waals surface area contributed by atoms with Gasteiger partial charge < -0.3 is 4.42 Å². The van der Waals surface area contributed by atoms with E-state index in [0.717, 1.165) is 18.2 Å². The van der Waals surface area contributed by atoms with Crippen molar-refractivity contribution in [3.05, 3.63) is 70.6 Å². The van der Waals surface area contributed by atoms with Crippen molar-refractivity contribution < 1.29 is 13.2 Å². The second-order valence-electron chi connectivity index (χ2n) is 4.14. The first kappa shape index (κ1) is 11.6. The van der Waals surface area contributed by atoms with Gasteiger partial charge in [-0.1, -0.05) is 18.2 Å². The molecule has 0 bridgehead atoms. The second kappa shape index (κ2) is 4.31. The van der Waals surface area contributed by atoms with Crippen molar-refractivity contribution in [2.45, 2.75) is 0 Å². The molecule has 0 radical (unpaired) electrons. The average Bonchev–Trinajstić information content (AvgIpc) is 2.37. The SMILES string of the molecule is O=c1oc(-c2cc(F)cc(F)c2)cc2ccccc12. The molecule has 0 fully saturated rings. The topological polar surface area (TPSA) is 30.2 Å². The van der Waals surface area contributed by atoms with Crippen LogP contribution in [0.2, 0.25) is 0 Å². The van der Waals surface area contributed by atoms with Crippen LogP contribution in [0.1, 0.15) is 0 Å². The maximum atomic E-state index is 13.2. The standard InChI is InChI=1S/C15H8F2O2/c16-11-5-10(6-12(17)8-11)14-7-9-3-1-2-4-13(9)15(18)19-14/h1-8H. The molecule has 0 amide bonds. The van der Waals surface area contributed by atoms with Gasteiger partial charge in [0.1, 0.15) is 17.4 Å². The number of benzene rings is 2. The highest BCUT2D eigenvalue weighted by molar-refractivity contribution is 5.83. The zero-order chi connectivity index (χ0) is 13.4. The second-order valence-corrected chi connectivity index (χ2v) is 4.14. The fraction of sp³-hybridized carbons (Fsp3) is 0. The predicted octanol–water partition coefficient (Wildman–Crippen LogP) is 3.74. The van der Waals surface area contributed by atoms with E-state index in [1.807, 2.05) is 0 Å². The van der Waals surface area contributed by atoms with Crippen LogP contribution in [0.4, 0.5) is 8.78 Å². The van der Waals surface area contributed by atoms with Crippen molar-refractivity contribution in [1.82, 2.24) is 0 Å². The molecule has 0 N–H and O–H groups in total. The van der Waals surface area contributed by atoms with Crippen LogP contribution in [0.5, 0.6) is 0 Å². The Labute approximate surface area is 106 Å². The van der Waals surface area contributed by atoms with Gasteiger partial charge in [0.25, 0.3) is 0 Å². The van der Waals surface area contributed by atoms with Crippen molar-refractivity contribution in [1.29, 1.82) is 0 Å². The molecule has 19 heavy (non-hydrogen) atoms. The van der Waals surface area contributed by atoms with Crippen LogP contribution in [0.3, 0.4) is 0 Å². The van der Waals surface area contributed by atoms with E-state index in [4.69, 9.17) is 4.42 Å². The first-order valence-corrected chi connectivity index (χ1v) is 5.63. The highest BCUT2D eigenvalue weighted by Crippen LogP contribution is 2.23. The lowest BCUT2D eigenvalue weighted by Crippen LogP contribution is -2.00. The van der Waals surface area contributed by atoms with Gasteiger partial charge in [-0.15, -0.1) is 0 Å². The molecule has 0 aliphatic carbocycles. The van der Waals surface area contributed by atoms with Gasteiger partial charge in [-0.05, 0) is 29.7 Å². The van der Waals surface area contributed by atoms with Gasteiger partial charge in [0.05, 0.1) is 5.39 Å². The fourth-order valence-electron chi connectivity index (χ4n) is 1.97. The fourth-order valence-corrected chi connectivity index (χ4v) is 1.97. The molecule has 3 rings (SSSR count). The first-order valence-electron chi connectivity index (χ1n) is 5.63. The van der Waals surface area contributed by atoms with Crippen molar-refractivity contribution in [3.63, 3.8) is 0 Å². The van der Waals surface area contributed by atoms with Crippen LogP contribution in [-0.4, -0.2) is 0 Å². The Bertz CT molecular complexity index is 801. The van der Waals surface area contributed by atoms with Crippen molar-refractivity contribution >= 4 is 10.8 Å².